The summed E-state index contributed by atoms with van der Waals surface area (Å²) in [6.07, 6.45) is 3.10. The van der Waals surface area contributed by atoms with Crippen molar-refractivity contribution in [3.63, 3.8) is 0 Å². The van der Waals surface area contributed by atoms with Crippen LogP contribution in [0.4, 0.5) is 0 Å². The molecule has 2 aliphatic rings. The molecule has 0 radical (unpaired) electrons. The zero-order valence-electron chi connectivity index (χ0n) is 11.1. The molecule has 3 N–H and O–H groups in total. The molecule has 3 unspecified atom stereocenters. The zero-order chi connectivity index (χ0) is 12.7. The van der Waals surface area contributed by atoms with E-state index in [1.807, 2.05) is 20.8 Å². The molecule has 1 aliphatic heterocycles. The van der Waals surface area contributed by atoms with Gasteiger partial charge in [0.05, 0.1) is 6.10 Å². The topological polar surface area (TPSA) is 64.4 Å². The Labute approximate surface area is 103 Å². The Hall–Kier alpha value is -0.610. The number of amides is 1. The van der Waals surface area contributed by atoms with E-state index in [9.17, 15) is 4.79 Å². The number of hydrogen-bond donors (Lipinski definition) is 2. The quantitative estimate of drug-likeness (QED) is 0.775. The van der Waals surface area contributed by atoms with Crippen molar-refractivity contribution in [1.82, 2.24) is 5.32 Å². The second-order valence-corrected chi connectivity index (χ2v) is 5.89. The number of rotatable bonds is 3. The molecule has 1 amide bonds. The average Bonchev–Trinajstić information content (AvgIpc) is 2.34. The molecule has 4 nitrogen and oxygen atoms in total. The van der Waals surface area contributed by atoms with Gasteiger partial charge in [-0.25, -0.2) is 0 Å². The van der Waals surface area contributed by atoms with Gasteiger partial charge in [-0.2, -0.15) is 0 Å². The summed E-state index contributed by atoms with van der Waals surface area (Å²) in [6.45, 7) is 7.64. The lowest BCUT2D eigenvalue weighted by atomic mass is 9.46. The highest BCUT2D eigenvalue weighted by Gasteiger charge is 2.70. The molecule has 2 fully saturated rings. The highest BCUT2D eigenvalue weighted by atomic mass is 16.5. The predicted molar refractivity (Wildman–Crippen MR) is 66.5 cm³/mol. The van der Waals surface area contributed by atoms with Gasteiger partial charge >= 0.3 is 0 Å². The zero-order valence-corrected chi connectivity index (χ0v) is 11.1. The van der Waals surface area contributed by atoms with Crippen molar-refractivity contribution in [2.75, 3.05) is 13.2 Å². The molecule has 4 heteroatoms. The number of fused-ring (bicyclic) bond motifs is 1. The molecule has 1 aliphatic carbocycles. The summed E-state index contributed by atoms with van der Waals surface area (Å²) in [5.41, 5.74) is 5.40. The molecular weight excluding hydrogens is 216 g/mol. The third-order valence-electron chi connectivity index (χ3n) is 4.60. The lowest BCUT2D eigenvalue weighted by Crippen LogP contribution is -2.82. The Morgan fingerprint density at radius 2 is 2.24 bits per heavy atom. The van der Waals surface area contributed by atoms with Gasteiger partial charge in [0.2, 0.25) is 5.91 Å². The largest absolute Gasteiger partial charge is 0.377 e. The van der Waals surface area contributed by atoms with Crippen LogP contribution in [0.15, 0.2) is 0 Å². The third-order valence-corrected chi connectivity index (χ3v) is 4.60. The van der Waals surface area contributed by atoms with Gasteiger partial charge in [-0.15, -0.1) is 0 Å². The Morgan fingerprint density at radius 1 is 1.53 bits per heavy atom. The molecule has 17 heavy (non-hydrogen) atoms. The van der Waals surface area contributed by atoms with Crippen molar-refractivity contribution >= 4 is 5.91 Å². The van der Waals surface area contributed by atoms with Crippen LogP contribution in [0, 0.1) is 11.3 Å². The molecule has 3 atom stereocenters. The highest BCUT2D eigenvalue weighted by Crippen LogP contribution is 2.57. The van der Waals surface area contributed by atoms with Gasteiger partial charge in [-0.05, 0) is 19.3 Å². The van der Waals surface area contributed by atoms with Gasteiger partial charge in [0, 0.05) is 24.5 Å². The van der Waals surface area contributed by atoms with E-state index in [-0.39, 0.29) is 23.3 Å². The first kappa shape index (κ1) is 12.8. The fourth-order valence-corrected chi connectivity index (χ4v) is 3.42. The Balaban J connectivity index is 2.15. The fourth-order valence-electron chi connectivity index (χ4n) is 3.42. The van der Waals surface area contributed by atoms with Crippen molar-refractivity contribution in [2.45, 2.75) is 51.7 Å². The number of nitrogens with one attached hydrogen (secondary N) is 1. The molecular formula is C13H24N2O2. The maximum atomic E-state index is 12.3. The molecule has 0 aromatic rings. The molecule has 1 saturated carbocycles. The van der Waals surface area contributed by atoms with Gasteiger partial charge in [-0.1, -0.05) is 20.8 Å². The van der Waals surface area contributed by atoms with Gasteiger partial charge in [0.1, 0.15) is 5.54 Å². The summed E-state index contributed by atoms with van der Waals surface area (Å²) < 4.78 is 5.78. The Morgan fingerprint density at radius 3 is 2.88 bits per heavy atom. The summed E-state index contributed by atoms with van der Waals surface area (Å²) in [6, 6.07) is 0. The van der Waals surface area contributed by atoms with E-state index in [1.165, 1.54) is 0 Å². The molecule has 0 bridgehead atoms. The van der Waals surface area contributed by atoms with E-state index in [0.29, 0.717) is 6.54 Å². The standard InChI is InChI=1S/C13H24N2O2/c1-4-7-15-11(16)13(14)9-6-5-8-17-10(9)12(13,2)3/h9-10H,4-8,14H2,1-3H3,(H,15,16). The van der Waals surface area contributed by atoms with E-state index < -0.39 is 5.54 Å². The molecule has 2 rings (SSSR count). The van der Waals surface area contributed by atoms with E-state index in [4.69, 9.17) is 10.5 Å². The van der Waals surface area contributed by atoms with Crippen LogP contribution in [0.2, 0.25) is 0 Å². The first-order chi connectivity index (χ1) is 7.96. The predicted octanol–water partition coefficient (Wildman–Crippen LogP) is 1.05. The summed E-state index contributed by atoms with van der Waals surface area (Å²) in [7, 11) is 0. The van der Waals surface area contributed by atoms with Crippen molar-refractivity contribution in [3.8, 4) is 0 Å². The van der Waals surface area contributed by atoms with Crippen molar-refractivity contribution < 1.29 is 9.53 Å². The van der Waals surface area contributed by atoms with Crippen LogP contribution in [0.1, 0.15) is 40.0 Å². The molecule has 1 saturated heterocycles. The highest BCUT2D eigenvalue weighted by molar-refractivity contribution is 5.89. The second kappa shape index (κ2) is 4.25. The smallest absolute Gasteiger partial charge is 0.241 e. The van der Waals surface area contributed by atoms with Crippen LogP contribution in [-0.2, 0) is 9.53 Å². The summed E-state index contributed by atoms with van der Waals surface area (Å²) in [5.74, 6) is 0.180. The molecule has 0 aromatic heterocycles. The first-order valence-electron chi connectivity index (χ1n) is 6.65. The van der Waals surface area contributed by atoms with E-state index in [0.717, 1.165) is 25.9 Å². The van der Waals surface area contributed by atoms with Crippen LogP contribution in [-0.4, -0.2) is 30.7 Å². The minimum Gasteiger partial charge on any atom is -0.377 e. The fraction of sp³-hybridized carbons (Fsp3) is 0.923. The van der Waals surface area contributed by atoms with E-state index >= 15 is 0 Å². The number of hydrogen-bond acceptors (Lipinski definition) is 3. The van der Waals surface area contributed by atoms with Crippen LogP contribution < -0.4 is 11.1 Å². The van der Waals surface area contributed by atoms with Gasteiger partial charge in [0.25, 0.3) is 0 Å². The summed E-state index contributed by atoms with van der Waals surface area (Å²) in [5, 5.41) is 2.94. The SMILES string of the molecule is CCCNC(=O)C1(N)C2CCCOC2C1(C)C. The maximum Gasteiger partial charge on any atom is 0.241 e. The van der Waals surface area contributed by atoms with E-state index in [1.54, 1.807) is 0 Å². The van der Waals surface area contributed by atoms with E-state index in [2.05, 4.69) is 5.32 Å². The molecule has 98 valence electrons. The van der Waals surface area contributed by atoms with Crippen molar-refractivity contribution in [3.05, 3.63) is 0 Å². The van der Waals surface area contributed by atoms with Gasteiger partial charge in [-0.3, -0.25) is 4.79 Å². The van der Waals surface area contributed by atoms with Crippen LogP contribution in [0.5, 0.6) is 0 Å². The molecule has 0 spiro atoms. The van der Waals surface area contributed by atoms with Crippen molar-refractivity contribution in [2.24, 2.45) is 17.1 Å². The lowest BCUT2D eigenvalue weighted by molar-refractivity contribution is -0.225. The van der Waals surface area contributed by atoms with Crippen LogP contribution in [0.25, 0.3) is 0 Å². The molecule has 1 heterocycles. The average molecular weight is 240 g/mol. The summed E-state index contributed by atoms with van der Waals surface area (Å²) in [4.78, 5) is 12.3. The Bertz CT molecular complexity index is 317. The first-order valence-corrected chi connectivity index (χ1v) is 6.65. The minimum absolute atomic E-state index is 0.00361. The van der Waals surface area contributed by atoms with Crippen molar-refractivity contribution in [1.29, 1.82) is 0 Å². The number of carbonyl (C=O) groups excluding carboxylic acids is 1. The number of ether oxygens (including phenoxy) is 1. The molecule has 0 aromatic carbocycles. The summed E-state index contributed by atoms with van der Waals surface area (Å²) >= 11 is 0. The maximum absolute atomic E-state index is 12.3. The number of nitrogens with two attached hydrogens (primary N) is 1. The van der Waals surface area contributed by atoms with Crippen LogP contribution >= 0.6 is 0 Å². The number of carbonyl (C=O) groups is 1. The third kappa shape index (κ3) is 1.61. The van der Waals surface area contributed by atoms with Gasteiger partial charge in [0.15, 0.2) is 0 Å². The van der Waals surface area contributed by atoms with Gasteiger partial charge < -0.3 is 15.8 Å². The second-order valence-electron chi connectivity index (χ2n) is 5.89. The lowest BCUT2D eigenvalue weighted by Gasteiger charge is -2.65. The minimum atomic E-state index is -0.757. The normalized spacial score (nSPS) is 39.1. The Kier molecular flexibility index (Phi) is 3.21. The van der Waals surface area contributed by atoms with Crippen LogP contribution in [0.3, 0.4) is 0 Å². The monoisotopic (exact) mass is 240 g/mol.